The number of nitrogens with one attached hydrogen (secondary N) is 2. The van der Waals surface area contributed by atoms with Crippen LogP contribution in [0.4, 0.5) is 0 Å². The summed E-state index contributed by atoms with van der Waals surface area (Å²) in [5.74, 6) is 1.02. The van der Waals surface area contributed by atoms with Crippen LogP contribution in [0.15, 0.2) is 67.0 Å². The summed E-state index contributed by atoms with van der Waals surface area (Å²) in [5.41, 5.74) is 6.91. The summed E-state index contributed by atoms with van der Waals surface area (Å²) in [6.07, 6.45) is 5.62. The van der Waals surface area contributed by atoms with Gasteiger partial charge in [-0.2, -0.15) is 5.10 Å². The van der Waals surface area contributed by atoms with Gasteiger partial charge in [0.2, 0.25) is 0 Å². The van der Waals surface area contributed by atoms with E-state index in [-0.39, 0.29) is 0 Å². The van der Waals surface area contributed by atoms with Crippen LogP contribution in [-0.4, -0.2) is 20.2 Å². The maximum Gasteiger partial charge on any atom is 0.107 e. The number of rotatable bonds is 5. The smallest absolute Gasteiger partial charge is 0.107 e. The highest BCUT2D eigenvalue weighted by molar-refractivity contribution is 5.59. The molecule has 2 aromatic heterocycles. The van der Waals surface area contributed by atoms with Crippen LogP contribution < -0.4 is 0 Å². The molecule has 4 heteroatoms. The Kier molecular flexibility index (Phi) is 4.17. The summed E-state index contributed by atoms with van der Waals surface area (Å²) in [5, 5.41) is 6.98. The third kappa shape index (κ3) is 3.53. The van der Waals surface area contributed by atoms with E-state index in [1.54, 1.807) is 6.20 Å². The van der Waals surface area contributed by atoms with Crippen molar-refractivity contribution in [1.29, 1.82) is 0 Å². The van der Waals surface area contributed by atoms with Crippen molar-refractivity contribution >= 4 is 0 Å². The summed E-state index contributed by atoms with van der Waals surface area (Å²) in [6.45, 7) is 2.09. The van der Waals surface area contributed by atoms with Gasteiger partial charge in [-0.1, -0.05) is 54.1 Å². The molecule has 0 fully saturated rings. The molecule has 4 rings (SSSR count). The Balaban J connectivity index is 1.41. The molecule has 2 aromatic carbocycles. The van der Waals surface area contributed by atoms with Gasteiger partial charge in [0.25, 0.3) is 0 Å². The first-order valence-electron chi connectivity index (χ1n) is 8.48. The van der Waals surface area contributed by atoms with E-state index in [0.717, 1.165) is 41.2 Å². The second kappa shape index (κ2) is 6.77. The lowest BCUT2D eigenvalue weighted by atomic mass is 10.1. The van der Waals surface area contributed by atoms with Gasteiger partial charge in [-0.25, -0.2) is 4.98 Å². The van der Waals surface area contributed by atoms with Crippen molar-refractivity contribution in [2.24, 2.45) is 0 Å². The van der Waals surface area contributed by atoms with Crippen LogP contribution in [0, 0.1) is 6.92 Å². The molecule has 0 amide bonds. The second-order valence-electron chi connectivity index (χ2n) is 6.27. The zero-order chi connectivity index (χ0) is 17.1. The topological polar surface area (TPSA) is 57.4 Å². The summed E-state index contributed by atoms with van der Waals surface area (Å²) >= 11 is 0. The van der Waals surface area contributed by atoms with Crippen molar-refractivity contribution in [3.63, 3.8) is 0 Å². The van der Waals surface area contributed by atoms with E-state index in [4.69, 9.17) is 4.98 Å². The maximum atomic E-state index is 4.71. The number of H-pyrrole nitrogens is 2. The maximum absolute atomic E-state index is 4.71. The number of hydrogen-bond donors (Lipinski definition) is 2. The van der Waals surface area contributed by atoms with E-state index in [1.807, 2.05) is 12.3 Å². The van der Waals surface area contributed by atoms with Gasteiger partial charge in [-0.15, -0.1) is 0 Å². The van der Waals surface area contributed by atoms with Crippen LogP contribution in [-0.2, 0) is 12.8 Å². The first-order chi connectivity index (χ1) is 12.3. The largest absolute Gasteiger partial charge is 0.348 e. The zero-order valence-corrected chi connectivity index (χ0v) is 14.2. The molecule has 4 aromatic rings. The van der Waals surface area contributed by atoms with E-state index >= 15 is 0 Å². The lowest BCUT2D eigenvalue weighted by Crippen LogP contribution is -1.93. The van der Waals surface area contributed by atoms with Crippen LogP contribution in [0.3, 0.4) is 0 Å². The van der Waals surface area contributed by atoms with Gasteiger partial charge in [0, 0.05) is 24.4 Å². The summed E-state index contributed by atoms with van der Waals surface area (Å²) < 4.78 is 0. The van der Waals surface area contributed by atoms with Gasteiger partial charge in [-0.05, 0) is 30.5 Å². The fraction of sp³-hybridized carbons (Fsp3) is 0.143. The van der Waals surface area contributed by atoms with Crippen molar-refractivity contribution in [1.82, 2.24) is 20.2 Å². The van der Waals surface area contributed by atoms with E-state index in [1.165, 1.54) is 11.1 Å². The molecule has 0 bridgehead atoms. The SMILES string of the molecule is Cc1ccc(-c2c[nH]c(CCc3ccc(-c4ccn[nH]4)cc3)n2)cc1. The minimum atomic E-state index is 0.898. The van der Waals surface area contributed by atoms with Gasteiger partial charge in [0.05, 0.1) is 11.4 Å². The van der Waals surface area contributed by atoms with Gasteiger partial charge in [-0.3, -0.25) is 5.10 Å². The average molecular weight is 328 g/mol. The minimum absolute atomic E-state index is 0.898. The predicted molar refractivity (Wildman–Crippen MR) is 100 cm³/mol. The molecule has 0 saturated heterocycles. The molecule has 124 valence electrons. The standard InChI is InChI=1S/C21H20N4/c1-15-2-7-18(8-3-15)20-14-22-21(24-20)11-6-16-4-9-17(10-5-16)19-12-13-23-25-19/h2-5,7-10,12-14H,6,11H2,1H3,(H,22,24)(H,23,25). The average Bonchev–Trinajstić information content (AvgIpc) is 3.33. The quantitative estimate of drug-likeness (QED) is 0.564. The number of aryl methyl sites for hydroxylation is 3. The first-order valence-corrected chi connectivity index (χ1v) is 8.48. The highest BCUT2D eigenvalue weighted by atomic mass is 15.1. The fourth-order valence-electron chi connectivity index (χ4n) is 2.89. The van der Waals surface area contributed by atoms with Crippen LogP contribution in [0.25, 0.3) is 22.5 Å². The molecule has 2 heterocycles. The molecule has 4 nitrogen and oxygen atoms in total. The van der Waals surface area contributed by atoms with Crippen molar-refractivity contribution in [3.05, 3.63) is 83.9 Å². The van der Waals surface area contributed by atoms with Crippen molar-refractivity contribution in [3.8, 4) is 22.5 Å². The van der Waals surface area contributed by atoms with Crippen LogP contribution in [0.5, 0.6) is 0 Å². The number of benzene rings is 2. The Labute approximate surface area is 147 Å². The van der Waals surface area contributed by atoms with Crippen LogP contribution >= 0.6 is 0 Å². The van der Waals surface area contributed by atoms with Gasteiger partial charge >= 0.3 is 0 Å². The number of aromatic nitrogens is 4. The van der Waals surface area contributed by atoms with E-state index in [2.05, 4.69) is 70.6 Å². The molecule has 0 spiro atoms. The Morgan fingerprint density at radius 3 is 2.32 bits per heavy atom. The molecule has 0 aliphatic carbocycles. The Morgan fingerprint density at radius 2 is 1.60 bits per heavy atom. The summed E-state index contributed by atoms with van der Waals surface area (Å²) in [7, 11) is 0. The number of aromatic amines is 2. The predicted octanol–water partition coefficient (Wildman–Crippen LogP) is 4.56. The van der Waals surface area contributed by atoms with E-state index in [0.29, 0.717) is 0 Å². The molecule has 2 N–H and O–H groups in total. The van der Waals surface area contributed by atoms with E-state index in [9.17, 15) is 0 Å². The van der Waals surface area contributed by atoms with Crippen molar-refractivity contribution in [2.45, 2.75) is 19.8 Å². The van der Waals surface area contributed by atoms with Crippen LogP contribution in [0.1, 0.15) is 17.0 Å². The third-order valence-electron chi connectivity index (χ3n) is 4.39. The zero-order valence-electron chi connectivity index (χ0n) is 14.2. The molecular weight excluding hydrogens is 308 g/mol. The van der Waals surface area contributed by atoms with Gasteiger partial charge < -0.3 is 4.98 Å². The molecular formula is C21H20N4. The van der Waals surface area contributed by atoms with Gasteiger partial charge in [0.15, 0.2) is 0 Å². The lowest BCUT2D eigenvalue weighted by Gasteiger charge is -2.02. The summed E-state index contributed by atoms with van der Waals surface area (Å²) in [4.78, 5) is 8.01. The van der Waals surface area contributed by atoms with Crippen LogP contribution in [0.2, 0.25) is 0 Å². The van der Waals surface area contributed by atoms with E-state index < -0.39 is 0 Å². The number of imidazole rings is 1. The van der Waals surface area contributed by atoms with Gasteiger partial charge in [0.1, 0.15) is 5.82 Å². The second-order valence-corrected chi connectivity index (χ2v) is 6.27. The fourth-order valence-corrected chi connectivity index (χ4v) is 2.89. The number of hydrogen-bond acceptors (Lipinski definition) is 2. The summed E-state index contributed by atoms with van der Waals surface area (Å²) in [6, 6.07) is 19.0. The number of nitrogens with zero attached hydrogens (tertiary/aromatic N) is 2. The van der Waals surface area contributed by atoms with Crippen molar-refractivity contribution in [2.75, 3.05) is 0 Å². The molecule has 0 unspecified atom stereocenters. The third-order valence-corrected chi connectivity index (χ3v) is 4.39. The first kappa shape index (κ1) is 15.4. The molecule has 0 saturated carbocycles. The highest BCUT2D eigenvalue weighted by Gasteiger charge is 2.05. The van der Waals surface area contributed by atoms with Crippen molar-refractivity contribution < 1.29 is 0 Å². The lowest BCUT2D eigenvalue weighted by molar-refractivity contribution is 0.885. The highest BCUT2D eigenvalue weighted by Crippen LogP contribution is 2.19. The molecule has 0 aliphatic rings. The normalized spacial score (nSPS) is 10.9. The molecule has 0 radical (unpaired) electrons. The monoisotopic (exact) mass is 328 g/mol. The Hall–Kier alpha value is -3.14. The Morgan fingerprint density at radius 1 is 0.840 bits per heavy atom. The molecule has 25 heavy (non-hydrogen) atoms. The molecule has 0 aliphatic heterocycles. The molecule has 0 atom stereocenters. The Bertz CT molecular complexity index is 933. The minimum Gasteiger partial charge on any atom is -0.348 e.